The SMILES string of the molecule is COc1c2cc(C(C)(C)C)cc1C(SC)Cc1ccc(cc1)C(SC)C2. The minimum absolute atomic E-state index is 0.129. The van der Waals surface area contributed by atoms with E-state index in [1.807, 2.05) is 30.6 Å². The van der Waals surface area contributed by atoms with E-state index in [-0.39, 0.29) is 5.41 Å². The van der Waals surface area contributed by atoms with Gasteiger partial charge in [0.15, 0.2) is 0 Å². The fourth-order valence-corrected chi connectivity index (χ4v) is 5.29. The minimum Gasteiger partial charge on any atom is -0.496 e. The number of thioether (sulfide) groups is 2. The molecule has 0 heterocycles. The van der Waals surface area contributed by atoms with Crippen LogP contribution in [0.4, 0.5) is 0 Å². The Morgan fingerprint density at radius 3 is 2.12 bits per heavy atom. The van der Waals surface area contributed by atoms with Gasteiger partial charge in [-0.05, 0) is 53.0 Å². The lowest BCUT2D eigenvalue weighted by Crippen LogP contribution is -2.14. The Bertz CT molecular complexity index is 759. The van der Waals surface area contributed by atoms with Crippen molar-refractivity contribution in [2.75, 3.05) is 19.6 Å². The molecule has 0 saturated carbocycles. The van der Waals surface area contributed by atoms with Crippen LogP contribution >= 0.6 is 23.5 Å². The molecule has 26 heavy (non-hydrogen) atoms. The fraction of sp³-hybridized carbons (Fsp3) is 0.478. The van der Waals surface area contributed by atoms with Crippen molar-refractivity contribution in [3.8, 4) is 5.75 Å². The van der Waals surface area contributed by atoms with Gasteiger partial charge in [-0.15, -0.1) is 0 Å². The van der Waals surface area contributed by atoms with Gasteiger partial charge in [0, 0.05) is 16.1 Å². The van der Waals surface area contributed by atoms with Crippen molar-refractivity contribution in [2.45, 2.75) is 49.5 Å². The lowest BCUT2D eigenvalue weighted by molar-refractivity contribution is 0.403. The van der Waals surface area contributed by atoms with Crippen LogP contribution < -0.4 is 4.74 Å². The number of ether oxygens (including phenoxy) is 1. The van der Waals surface area contributed by atoms with Crippen LogP contribution in [0, 0.1) is 0 Å². The summed E-state index contributed by atoms with van der Waals surface area (Å²) in [7, 11) is 1.83. The first kappa shape index (κ1) is 19.7. The third kappa shape index (κ3) is 3.94. The normalized spacial score (nSPS) is 19.9. The summed E-state index contributed by atoms with van der Waals surface area (Å²) in [6.45, 7) is 6.91. The van der Waals surface area contributed by atoms with E-state index in [1.54, 1.807) is 0 Å². The first-order valence-electron chi connectivity index (χ1n) is 9.23. The quantitative estimate of drug-likeness (QED) is 0.588. The van der Waals surface area contributed by atoms with E-state index in [9.17, 15) is 0 Å². The van der Waals surface area contributed by atoms with E-state index >= 15 is 0 Å². The lowest BCUT2D eigenvalue weighted by atomic mass is 9.83. The highest BCUT2D eigenvalue weighted by Crippen LogP contribution is 2.44. The number of methoxy groups -OCH3 is 1. The minimum atomic E-state index is 0.129. The maximum atomic E-state index is 5.99. The van der Waals surface area contributed by atoms with Crippen molar-refractivity contribution < 1.29 is 4.74 Å². The number of benzene rings is 2. The first-order valence-corrected chi connectivity index (χ1v) is 11.8. The molecule has 2 atom stereocenters. The first-order chi connectivity index (χ1) is 12.4. The Labute approximate surface area is 167 Å². The molecule has 0 aromatic heterocycles. The highest BCUT2D eigenvalue weighted by molar-refractivity contribution is 7.99. The van der Waals surface area contributed by atoms with Gasteiger partial charge in [-0.25, -0.2) is 0 Å². The molecule has 2 aliphatic rings. The Kier molecular flexibility index (Phi) is 5.98. The molecule has 140 valence electrons. The number of fused-ring (bicyclic) bond motifs is 4. The number of hydrogen-bond donors (Lipinski definition) is 0. The Morgan fingerprint density at radius 1 is 0.923 bits per heavy atom. The Hall–Kier alpha value is -1.06. The largest absolute Gasteiger partial charge is 0.496 e. The van der Waals surface area contributed by atoms with Crippen molar-refractivity contribution in [1.29, 1.82) is 0 Å². The van der Waals surface area contributed by atoms with Crippen molar-refractivity contribution in [3.05, 3.63) is 64.2 Å². The van der Waals surface area contributed by atoms with Gasteiger partial charge in [0.1, 0.15) is 5.75 Å². The van der Waals surface area contributed by atoms with Crippen molar-refractivity contribution >= 4 is 23.5 Å². The summed E-state index contributed by atoms with van der Waals surface area (Å²) in [5.74, 6) is 1.10. The second kappa shape index (κ2) is 7.90. The van der Waals surface area contributed by atoms with E-state index in [4.69, 9.17) is 4.74 Å². The maximum Gasteiger partial charge on any atom is 0.126 e. The third-order valence-electron chi connectivity index (χ3n) is 5.36. The summed E-state index contributed by atoms with van der Waals surface area (Å²) >= 11 is 3.85. The van der Waals surface area contributed by atoms with Gasteiger partial charge < -0.3 is 4.74 Å². The molecule has 2 unspecified atom stereocenters. The van der Waals surface area contributed by atoms with Crippen molar-refractivity contribution in [1.82, 2.24) is 0 Å². The van der Waals surface area contributed by atoms with E-state index in [0.717, 1.165) is 18.6 Å². The molecule has 0 amide bonds. The third-order valence-corrected chi connectivity index (χ3v) is 7.36. The summed E-state index contributed by atoms with van der Waals surface area (Å²) < 4.78 is 5.99. The molecule has 0 radical (unpaired) electrons. The molecule has 3 heteroatoms. The van der Waals surface area contributed by atoms with E-state index in [2.05, 4.69) is 69.7 Å². The summed E-state index contributed by atoms with van der Waals surface area (Å²) in [6, 6.07) is 14.0. The summed E-state index contributed by atoms with van der Waals surface area (Å²) in [6.07, 6.45) is 6.46. The van der Waals surface area contributed by atoms with Crippen LogP contribution in [0.2, 0.25) is 0 Å². The van der Waals surface area contributed by atoms with Crippen LogP contribution in [-0.4, -0.2) is 19.6 Å². The van der Waals surface area contributed by atoms with Gasteiger partial charge in [0.05, 0.1) is 7.11 Å². The predicted octanol–water partition coefficient (Wildman–Crippen LogP) is 6.60. The zero-order valence-corrected chi connectivity index (χ0v) is 18.4. The molecule has 2 aliphatic carbocycles. The number of hydrogen-bond acceptors (Lipinski definition) is 3. The second-order valence-corrected chi connectivity index (χ2v) is 10.2. The molecule has 0 saturated heterocycles. The zero-order valence-electron chi connectivity index (χ0n) is 16.8. The average Bonchev–Trinajstić information content (AvgIpc) is 2.64. The molecular weight excluding hydrogens is 356 g/mol. The topological polar surface area (TPSA) is 9.23 Å². The van der Waals surface area contributed by atoms with Gasteiger partial charge in [0.2, 0.25) is 0 Å². The van der Waals surface area contributed by atoms with Gasteiger partial charge in [-0.3, -0.25) is 0 Å². The van der Waals surface area contributed by atoms with Gasteiger partial charge in [-0.1, -0.05) is 57.2 Å². The molecule has 0 fully saturated rings. The van der Waals surface area contributed by atoms with E-state index in [1.165, 1.54) is 27.8 Å². The van der Waals surface area contributed by atoms with Crippen molar-refractivity contribution in [3.63, 3.8) is 0 Å². The number of rotatable bonds is 3. The summed E-state index contributed by atoms with van der Waals surface area (Å²) in [4.78, 5) is 0. The maximum absolute atomic E-state index is 5.99. The van der Waals surface area contributed by atoms with Crippen LogP contribution in [-0.2, 0) is 18.3 Å². The standard InChI is InChI=1S/C23H30OS2/c1-23(2,3)18-12-17-13-20(25-5)16-9-7-15(8-10-16)11-21(26-6)19(14-18)22(17)24-4/h7-10,12,14,20-21H,11,13H2,1-6H3. The van der Waals surface area contributed by atoms with Gasteiger partial charge >= 0.3 is 0 Å². The Morgan fingerprint density at radius 2 is 1.58 bits per heavy atom. The zero-order chi connectivity index (χ0) is 18.9. The Balaban J connectivity index is 2.25. The van der Waals surface area contributed by atoms with Crippen LogP contribution in [0.5, 0.6) is 5.75 Å². The highest BCUT2D eigenvalue weighted by atomic mass is 32.2. The summed E-state index contributed by atoms with van der Waals surface area (Å²) in [5, 5.41) is 0.856. The molecule has 4 bridgehead atoms. The molecule has 4 rings (SSSR count). The smallest absolute Gasteiger partial charge is 0.126 e. The highest BCUT2D eigenvalue weighted by Gasteiger charge is 2.26. The van der Waals surface area contributed by atoms with E-state index in [0.29, 0.717) is 10.5 Å². The predicted molar refractivity (Wildman–Crippen MR) is 118 cm³/mol. The van der Waals surface area contributed by atoms with E-state index < -0.39 is 0 Å². The second-order valence-electron chi connectivity index (χ2n) is 8.11. The molecule has 0 spiro atoms. The fourth-order valence-electron chi connectivity index (χ4n) is 3.73. The van der Waals surface area contributed by atoms with Crippen LogP contribution in [0.3, 0.4) is 0 Å². The average molecular weight is 387 g/mol. The molecule has 2 aromatic rings. The van der Waals surface area contributed by atoms with Gasteiger partial charge in [-0.2, -0.15) is 23.5 Å². The molecular formula is C23H30OS2. The monoisotopic (exact) mass is 386 g/mol. The molecule has 0 N–H and O–H groups in total. The van der Waals surface area contributed by atoms with Gasteiger partial charge in [0.25, 0.3) is 0 Å². The lowest BCUT2D eigenvalue weighted by Gasteiger charge is -2.27. The van der Waals surface area contributed by atoms with Crippen LogP contribution in [0.1, 0.15) is 59.1 Å². The summed E-state index contributed by atoms with van der Waals surface area (Å²) in [5.41, 5.74) is 7.05. The van der Waals surface area contributed by atoms with Crippen LogP contribution in [0.25, 0.3) is 0 Å². The molecule has 0 aliphatic heterocycles. The van der Waals surface area contributed by atoms with Crippen molar-refractivity contribution in [2.24, 2.45) is 0 Å². The molecule has 2 aromatic carbocycles. The molecule has 1 nitrogen and oxygen atoms in total. The van der Waals surface area contributed by atoms with Crippen LogP contribution in [0.15, 0.2) is 36.4 Å².